The van der Waals surface area contributed by atoms with Gasteiger partial charge in [-0.25, -0.2) is 0 Å². The average molecular weight is 226 g/mol. The zero-order valence-corrected chi connectivity index (χ0v) is 8.87. The van der Waals surface area contributed by atoms with Crippen LogP contribution in [-0.2, 0) is 4.79 Å². The van der Waals surface area contributed by atoms with Gasteiger partial charge >= 0.3 is 0 Å². The van der Waals surface area contributed by atoms with Gasteiger partial charge in [-0.2, -0.15) is 5.26 Å². The molecule has 0 saturated carbocycles. The van der Waals surface area contributed by atoms with Crippen molar-refractivity contribution in [2.45, 2.75) is 42.5 Å². The number of hydrogen-bond acceptors (Lipinski definition) is 4. The summed E-state index contributed by atoms with van der Waals surface area (Å²) in [4.78, 5) is 10.2. The summed E-state index contributed by atoms with van der Waals surface area (Å²) < 4.78 is 4.71. The predicted molar refractivity (Wildman–Crippen MR) is 64.9 cm³/mol. The SMILES string of the molecule is C.C.CC(=O)[C@@H](C)C#N.Cc1cnoc1C. The number of nitriles is 1. The van der Waals surface area contributed by atoms with Crippen molar-refractivity contribution in [3.05, 3.63) is 17.5 Å². The first-order valence-corrected chi connectivity index (χ1v) is 4.27. The van der Waals surface area contributed by atoms with Crippen LogP contribution >= 0.6 is 0 Å². The highest BCUT2D eigenvalue weighted by Crippen LogP contribution is 2.00. The van der Waals surface area contributed by atoms with Gasteiger partial charge in [-0.1, -0.05) is 20.0 Å². The van der Waals surface area contributed by atoms with E-state index >= 15 is 0 Å². The van der Waals surface area contributed by atoms with Crippen molar-refractivity contribution in [1.82, 2.24) is 5.16 Å². The van der Waals surface area contributed by atoms with E-state index in [9.17, 15) is 4.79 Å². The number of hydrogen-bond donors (Lipinski definition) is 0. The van der Waals surface area contributed by atoms with Gasteiger partial charge in [0.25, 0.3) is 0 Å². The number of ketones is 1. The Labute approximate surface area is 98.3 Å². The molecule has 0 aliphatic heterocycles. The van der Waals surface area contributed by atoms with E-state index in [1.165, 1.54) is 6.92 Å². The van der Waals surface area contributed by atoms with E-state index in [1.54, 1.807) is 13.1 Å². The monoisotopic (exact) mass is 226 g/mol. The Hall–Kier alpha value is -1.63. The van der Waals surface area contributed by atoms with Crippen molar-refractivity contribution in [2.75, 3.05) is 0 Å². The predicted octanol–water partition coefficient (Wildman–Crippen LogP) is 3.30. The third-order valence-electron chi connectivity index (χ3n) is 1.79. The van der Waals surface area contributed by atoms with Crippen LogP contribution in [0, 0.1) is 31.1 Å². The largest absolute Gasteiger partial charge is 0.361 e. The third kappa shape index (κ3) is 7.74. The fraction of sp³-hybridized carbons (Fsp3) is 0.583. The van der Waals surface area contributed by atoms with E-state index in [4.69, 9.17) is 9.78 Å². The summed E-state index contributed by atoms with van der Waals surface area (Å²) in [5, 5.41) is 11.6. The van der Waals surface area contributed by atoms with Crippen molar-refractivity contribution in [3.63, 3.8) is 0 Å². The van der Waals surface area contributed by atoms with Gasteiger partial charge in [-0.15, -0.1) is 0 Å². The molecule has 0 aliphatic carbocycles. The number of carbonyl (C=O) groups excluding carboxylic acids is 1. The molecule has 1 aromatic rings. The van der Waals surface area contributed by atoms with Crippen LogP contribution in [0.25, 0.3) is 0 Å². The lowest BCUT2D eigenvalue weighted by Gasteiger charge is -1.87. The van der Waals surface area contributed by atoms with Crippen molar-refractivity contribution in [3.8, 4) is 6.07 Å². The van der Waals surface area contributed by atoms with Gasteiger partial charge in [0.1, 0.15) is 17.5 Å². The van der Waals surface area contributed by atoms with E-state index in [-0.39, 0.29) is 20.6 Å². The number of rotatable bonds is 1. The maximum Gasteiger partial charge on any atom is 0.146 e. The maximum absolute atomic E-state index is 10.2. The van der Waals surface area contributed by atoms with E-state index in [0.29, 0.717) is 0 Å². The lowest BCUT2D eigenvalue weighted by atomic mass is 10.1. The van der Waals surface area contributed by atoms with Crippen LogP contribution in [0.15, 0.2) is 10.7 Å². The Morgan fingerprint density at radius 2 is 2.00 bits per heavy atom. The summed E-state index contributed by atoms with van der Waals surface area (Å²) >= 11 is 0. The van der Waals surface area contributed by atoms with Gasteiger partial charge in [0.05, 0.1) is 12.3 Å². The zero-order valence-electron chi connectivity index (χ0n) is 8.87. The molecule has 0 fully saturated rings. The van der Waals surface area contributed by atoms with E-state index in [1.807, 2.05) is 19.9 Å². The second-order valence-electron chi connectivity index (χ2n) is 3.03. The molecule has 1 aromatic heterocycles. The van der Waals surface area contributed by atoms with Crippen molar-refractivity contribution in [2.24, 2.45) is 5.92 Å². The molecule has 92 valence electrons. The van der Waals surface area contributed by atoms with Crippen LogP contribution in [0.2, 0.25) is 0 Å². The minimum absolute atomic E-state index is 0. The molecular formula is C12H22N2O2. The molecule has 4 nitrogen and oxygen atoms in total. The van der Waals surface area contributed by atoms with Crippen LogP contribution in [-0.4, -0.2) is 10.9 Å². The lowest BCUT2D eigenvalue weighted by Crippen LogP contribution is -2.01. The standard InChI is InChI=1S/2C5H7NO.2CH4/c1-4-3-6-7-5(4)2;1-4(3-6)5(2)7;;/h3H,1-2H3;4H,1-2H3;2*1H4/t;4-;;/m.0../s1. The normalized spacial score (nSPS) is 9.44. The van der Waals surface area contributed by atoms with Crippen LogP contribution < -0.4 is 0 Å². The molecule has 0 aliphatic rings. The Morgan fingerprint density at radius 3 is 2.06 bits per heavy atom. The zero-order chi connectivity index (χ0) is 11.1. The smallest absolute Gasteiger partial charge is 0.146 e. The second-order valence-corrected chi connectivity index (χ2v) is 3.03. The Balaban J connectivity index is -0.000000188. The summed E-state index contributed by atoms with van der Waals surface area (Å²) in [6, 6.07) is 1.81. The molecule has 0 saturated heterocycles. The molecular weight excluding hydrogens is 204 g/mol. The first-order chi connectivity index (χ1) is 6.49. The molecule has 0 unspecified atom stereocenters. The molecule has 0 radical (unpaired) electrons. The number of carbonyl (C=O) groups is 1. The van der Waals surface area contributed by atoms with Gasteiger partial charge in [0.15, 0.2) is 0 Å². The number of aryl methyl sites for hydroxylation is 2. The Kier molecular flexibility index (Phi) is 12.3. The highest BCUT2D eigenvalue weighted by Gasteiger charge is 2.02. The summed E-state index contributed by atoms with van der Waals surface area (Å²) in [5.74, 6) is 0.405. The fourth-order valence-electron chi connectivity index (χ4n) is 0.438. The quantitative estimate of drug-likeness (QED) is 0.736. The summed E-state index contributed by atoms with van der Waals surface area (Å²) in [6.07, 6.45) is 1.70. The molecule has 0 aromatic carbocycles. The number of nitrogens with zero attached hydrogens (tertiary/aromatic N) is 2. The highest BCUT2D eigenvalue weighted by atomic mass is 16.5. The van der Waals surface area contributed by atoms with Crippen LogP contribution in [0.1, 0.15) is 40.0 Å². The van der Waals surface area contributed by atoms with Crippen molar-refractivity contribution in [1.29, 1.82) is 5.26 Å². The summed E-state index contributed by atoms with van der Waals surface area (Å²) in [7, 11) is 0. The van der Waals surface area contributed by atoms with E-state index < -0.39 is 5.92 Å². The third-order valence-corrected chi connectivity index (χ3v) is 1.79. The van der Waals surface area contributed by atoms with Gasteiger partial charge in [0.2, 0.25) is 0 Å². The molecule has 0 spiro atoms. The van der Waals surface area contributed by atoms with Gasteiger partial charge in [-0.05, 0) is 27.7 Å². The van der Waals surface area contributed by atoms with E-state index in [2.05, 4.69) is 5.16 Å². The van der Waals surface area contributed by atoms with E-state index in [0.717, 1.165) is 11.3 Å². The van der Waals surface area contributed by atoms with Gasteiger partial charge in [-0.3, -0.25) is 4.79 Å². The Bertz CT molecular complexity index is 321. The first kappa shape index (κ1) is 19.9. The van der Waals surface area contributed by atoms with Crippen molar-refractivity contribution >= 4 is 5.78 Å². The van der Waals surface area contributed by atoms with Gasteiger partial charge < -0.3 is 4.52 Å². The number of aromatic nitrogens is 1. The average Bonchev–Trinajstić information content (AvgIpc) is 2.50. The number of Topliss-reactive ketones (excluding diaryl/α,β-unsaturated/α-hetero) is 1. The molecule has 16 heavy (non-hydrogen) atoms. The molecule has 1 rings (SSSR count). The second kappa shape index (κ2) is 9.91. The lowest BCUT2D eigenvalue weighted by molar-refractivity contribution is -0.118. The molecule has 1 atom stereocenters. The summed E-state index contributed by atoms with van der Waals surface area (Å²) in [5.41, 5.74) is 1.11. The highest BCUT2D eigenvalue weighted by molar-refractivity contribution is 5.80. The van der Waals surface area contributed by atoms with Crippen molar-refractivity contribution < 1.29 is 9.32 Å². The van der Waals surface area contributed by atoms with Crippen LogP contribution in [0.3, 0.4) is 0 Å². The molecule has 0 N–H and O–H groups in total. The summed E-state index contributed by atoms with van der Waals surface area (Å²) in [6.45, 7) is 6.85. The molecule has 1 heterocycles. The minimum atomic E-state index is -0.431. The van der Waals surface area contributed by atoms with Crippen LogP contribution in [0.5, 0.6) is 0 Å². The molecule has 0 bridgehead atoms. The van der Waals surface area contributed by atoms with Gasteiger partial charge in [0, 0.05) is 5.56 Å². The van der Waals surface area contributed by atoms with Crippen LogP contribution in [0.4, 0.5) is 0 Å². The Morgan fingerprint density at radius 1 is 1.50 bits per heavy atom. The minimum Gasteiger partial charge on any atom is -0.361 e. The molecule has 4 heteroatoms. The topological polar surface area (TPSA) is 66.9 Å². The molecule has 0 amide bonds. The maximum atomic E-state index is 10.2. The first-order valence-electron chi connectivity index (χ1n) is 4.27. The fourth-order valence-corrected chi connectivity index (χ4v) is 0.438.